The summed E-state index contributed by atoms with van der Waals surface area (Å²) in [5, 5.41) is 9.42. The molecule has 0 aromatic heterocycles. The Balaban J connectivity index is 1.99. The fraction of sp³-hybridized carbons (Fsp3) is 0.286. The molecule has 1 saturated heterocycles. The fourth-order valence-electron chi connectivity index (χ4n) is 3.49. The number of rotatable bonds is 4. The number of methoxy groups -OCH3 is 1. The first-order chi connectivity index (χ1) is 13.8. The highest BCUT2D eigenvalue weighted by molar-refractivity contribution is 7.91. The molecule has 0 aliphatic carbocycles. The summed E-state index contributed by atoms with van der Waals surface area (Å²) in [7, 11) is -1.74. The predicted octanol–water partition coefficient (Wildman–Crippen LogP) is 2.03. The van der Waals surface area contributed by atoms with Crippen LogP contribution in [0.5, 0.6) is 5.75 Å². The van der Waals surface area contributed by atoms with E-state index in [1.807, 2.05) is 24.3 Å². The lowest BCUT2D eigenvalue weighted by molar-refractivity contribution is -0.142. The van der Waals surface area contributed by atoms with Gasteiger partial charge in [0.25, 0.3) is 11.8 Å². The topological polar surface area (TPSA) is 105 Å². The van der Waals surface area contributed by atoms with E-state index in [0.29, 0.717) is 5.75 Å². The zero-order chi connectivity index (χ0) is 21.2. The number of hydrogen-bond donors (Lipinski definition) is 0. The Bertz CT molecular complexity index is 1110. The Morgan fingerprint density at radius 2 is 1.97 bits per heavy atom. The number of carbonyl (C=O) groups excluding carboxylic acids is 2. The van der Waals surface area contributed by atoms with Gasteiger partial charge in [0.15, 0.2) is 9.84 Å². The molecule has 29 heavy (non-hydrogen) atoms. The van der Waals surface area contributed by atoms with Gasteiger partial charge in [-0.05, 0) is 31.1 Å². The van der Waals surface area contributed by atoms with E-state index in [9.17, 15) is 23.3 Å². The minimum Gasteiger partial charge on any atom is -0.496 e. The van der Waals surface area contributed by atoms with Crippen LogP contribution >= 0.6 is 0 Å². The molecule has 0 bridgehead atoms. The third-order valence-electron chi connectivity index (χ3n) is 5.02. The minimum atomic E-state index is -3.30. The van der Waals surface area contributed by atoms with Crippen LogP contribution in [-0.2, 0) is 19.4 Å². The molecule has 8 heteroatoms. The Morgan fingerprint density at radius 3 is 2.59 bits per heavy atom. The van der Waals surface area contributed by atoms with Gasteiger partial charge in [-0.2, -0.15) is 5.26 Å². The molecule has 2 aliphatic heterocycles. The maximum absolute atomic E-state index is 13.0. The lowest BCUT2D eigenvalue weighted by Gasteiger charge is -2.31. The highest BCUT2D eigenvalue weighted by atomic mass is 32.2. The van der Waals surface area contributed by atoms with Gasteiger partial charge >= 0.3 is 0 Å². The second-order valence-corrected chi connectivity index (χ2v) is 9.06. The molecular formula is C21H20N2O5S. The molecule has 1 aromatic carbocycles. The van der Waals surface area contributed by atoms with Crippen molar-refractivity contribution in [1.29, 1.82) is 5.26 Å². The van der Waals surface area contributed by atoms with Crippen molar-refractivity contribution in [2.45, 2.75) is 19.4 Å². The molecular weight excluding hydrogens is 392 g/mol. The highest BCUT2D eigenvalue weighted by Gasteiger charge is 2.43. The van der Waals surface area contributed by atoms with E-state index in [1.54, 1.807) is 32.3 Å². The standard InChI is InChI=1S/C21H20N2O5S/c1-14-17(8-5-7-15-6-3-4-9-19(15)28-2)20(24)23(21(25)18(14)12-22)16-10-11-29(26,27)13-16/h3-9,16H,10-11,13H2,1-2H3/b7-5+,17-8+. The van der Waals surface area contributed by atoms with E-state index in [-0.39, 0.29) is 34.6 Å². The number of nitriles is 1. The monoisotopic (exact) mass is 412 g/mol. The van der Waals surface area contributed by atoms with Crippen LogP contribution in [0.15, 0.2) is 53.1 Å². The summed E-state index contributed by atoms with van der Waals surface area (Å²) in [5.41, 5.74) is 1.12. The molecule has 2 aliphatic rings. The Hall–Kier alpha value is -3.18. The molecule has 0 radical (unpaired) electrons. The van der Waals surface area contributed by atoms with Gasteiger partial charge in [0.1, 0.15) is 17.4 Å². The largest absolute Gasteiger partial charge is 0.496 e. The third-order valence-corrected chi connectivity index (χ3v) is 6.77. The van der Waals surface area contributed by atoms with Crippen LogP contribution < -0.4 is 4.74 Å². The normalized spacial score (nSPS) is 23.1. The van der Waals surface area contributed by atoms with Crippen LogP contribution in [0.25, 0.3) is 6.08 Å². The van der Waals surface area contributed by atoms with Gasteiger partial charge in [0.2, 0.25) is 0 Å². The lowest BCUT2D eigenvalue weighted by Crippen LogP contribution is -2.49. The van der Waals surface area contributed by atoms with Gasteiger partial charge in [-0.3, -0.25) is 14.5 Å². The Labute approximate surface area is 169 Å². The molecule has 0 N–H and O–H groups in total. The maximum Gasteiger partial charge on any atom is 0.271 e. The van der Waals surface area contributed by atoms with Crippen LogP contribution in [0.4, 0.5) is 0 Å². The fourth-order valence-corrected chi connectivity index (χ4v) is 5.19. The van der Waals surface area contributed by atoms with Crippen LogP contribution in [-0.4, -0.2) is 49.8 Å². The van der Waals surface area contributed by atoms with Crippen LogP contribution in [0.2, 0.25) is 0 Å². The molecule has 150 valence electrons. The van der Waals surface area contributed by atoms with Crippen molar-refractivity contribution in [1.82, 2.24) is 4.90 Å². The molecule has 1 fully saturated rings. The zero-order valence-electron chi connectivity index (χ0n) is 16.1. The van der Waals surface area contributed by atoms with Crippen molar-refractivity contribution in [3.8, 4) is 11.8 Å². The number of benzene rings is 1. The number of allylic oxidation sites excluding steroid dienone is 2. The second-order valence-electron chi connectivity index (χ2n) is 6.83. The van der Waals surface area contributed by atoms with E-state index in [0.717, 1.165) is 10.5 Å². The lowest BCUT2D eigenvalue weighted by atomic mass is 9.93. The number of hydrogen-bond acceptors (Lipinski definition) is 6. The molecule has 1 unspecified atom stereocenters. The third kappa shape index (κ3) is 4.00. The average molecular weight is 412 g/mol. The van der Waals surface area contributed by atoms with Gasteiger partial charge in [0, 0.05) is 11.1 Å². The van der Waals surface area contributed by atoms with E-state index in [1.165, 1.54) is 6.08 Å². The molecule has 0 saturated carbocycles. The van der Waals surface area contributed by atoms with Crippen molar-refractivity contribution in [2.75, 3.05) is 18.6 Å². The Morgan fingerprint density at radius 1 is 1.24 bits per heavy atom. The van der Waals surface area contributed by atoms with Crippen molar-refractivity contribution in [2.24, 2.45) is 0 Å². The van der Waals surface area contributed by atoms with Gasteiger partial charge < -0.3 is 4.74 Å². The number of sulfone groups is 1. The predicted molar refractivity (Wildman–Crippen MR) is 107 cm³/mol. The number of carbonyl (C=O) groups is 2. The summed E-state index contributed by atoms with van der Waals surface area (Å²) in [6.45, 7) is 1.54. The minimum absolute atomic E-state index is 0.0773. The molecule has 1 aromatic rings. The number of imide groups is 1. The molecule has 2 amide bonds. The van der Waals surface area contributed by atoms with Crippen LogP contribution in [0.3, 0.4) is 0 Å². The summed E-state index contributed by atoms with van der Waals surface area (Å²) in [6.07, 6.45) is 5.11. The number of nitrogens with zero attached hydrogens (tertiary/aromatic N) is 2. The molecule has 7 nitrogen and oxygen atoms in total. The van der Waals surface area contributed by atoms with Gasteiger partial charge in [-0.1, -0.05) is 30.4 Å². The van der Waals surface area contributed by atoms with Crippen LogP contribution in [0, 0.1) is 11.3 Å². The van der Waals surface area contributed by atoms with Crippen molar-refractivity contribution in [3.05, 3.63) is 58.7 Å². The summed E-state index contributed by atoms with van der Waals surface area (Å²) >= 11 is 0. The van der Waals surface area contributed by atoms with Gasteiger partial charge in [-0.15, -0.1) is 0 Å². The molecule has 0 spiro atoms. The number of para-hydroxylation sites is 1. The van der Waals surface area contributed by atoms with Gasteiger partial charge in [-0.25, -0.2) is 8.42 Å². The summed E-state index contributed by atoms with van der Waals surface area (Å²) in [5.74, 6) is -1.00. The molecule has 3 rings (SSSR count). The molecule has 1 atom stereocenters. The average Bonchev–Trinajstić information content (AvgIpc) is 3.04. The Kier molecular flexibility index (Phi) is 5.71. The number of amides is 2. The quantitative estimate of drug-likeness (QED) is 0.554. The summed E-state index contributed by atoms with van der Waals surface area (Å²) in [4.78, 5) is 26.6. The molecule has 2 heterocycles. The highest BCUT2D eigenvalue weighted by Crippen LogP contribution is 2.30. The number of ether oxygens (including phenoxy) is 1. The van der Waals surface area contributed by atoms with E-state index < -0.39 is 27.7 Å². The first-order valence-electron chi connectivity index (χ1n) is 9.00. The van der Waals surface area contributed by atoms with E-state index in [4.69, 9.17) is 4.74 Å². The van der Waals surface area contributed by atoms with E-state index in [2.05, 4.69) is 0 Å². The van der Waals surface area contributed by atoms with Crippen molar-refractivity contribution >= 4 is 27.7 Å². The first-order valence-corrected chi connectivity index (χ1v) is 10.8. The van der Waals surface area contributed by atoms with Crippen molar-refractivity contribution < 1.29 is 22.7 Å². The maximum atomic E-state index is 13.0. The summed E-state index contributed by atoms with van der Waals surface area (Å²) < 4.78 is 28.9. The smallest absolute Gasteiger partial charge is 0.271 e. The first kappa shape index (κ1) is 20.6. The zero-order valence-corrected chi connectivity index (χ0v) is 16.9. The van der Waals surface area contributed by atoms with Crippen molar-refractivity contribution in [3.63, 3.8) is 0 Å². The second kappa shape index (κ2) is 8.05. The van der Waals surface area contributed by atoms with E-state index >= 15 is 0 Å². The van der Waals surface area contributed by atoms with Crippen LogP contribution in [0.1, 0.15) is 18.9 Å². The SMILES string of the molecule is COc1ccccc1/C=C/C=C1/C(=O)N(C2CCS(=O)(=O)C2)C(=O)C(C#N)=C1C. The summed E-state index contributed by atoms with van der Waals surface area (Å²) in [6, 6.07) is 8.44. The van der Waals surface area contributed by atoms with Gasteiger partial charge in [0.05, 0.1) is 24.7 Å².